The lowest BCUT2D eigenvalue weighted by molar-refractivity contribution is -0.157. The number of ether oxygens (including phenoxy) is 2. The van der Waals surface area contributed by atoms with Crippen LogP contribution in [0.1, 0.15) is 26.3 Å². The Morgan fingerprint density at radius 1 is 0.974 bits per heavy atom. The van der Waals surface area contributed by atoms with Gasteiger partial charge in [-0.15, -0.1) is 0 Å². The van der Waals surface area contributed by atoms with Gasteiger partial charge in [-0.2, -0.15) is 5.10 Å². The average molecular weight is 593 g/mol. The Morgan fingerprint density at radius 3 is 2.18 bits per heavy atom. The van der Waals surface area contributed by atoms with Crippen molar-refractivity contribution in [3.63, 3.8) is 0 Å². The summed E-state index contributed by atoms with van der Waals surface area (Å²) in [6.07, 6.45) is 1.38. The minimum atomic E-state index is -4.13. The molecule has 0 aromatic heterocycles. The normalized spacial score (nSPS) is 11.7. The number of hydrogen-bond acceptors (Lipinski definition) is 7. The molecule has 1 N–H and O–H groups in total. The molecule has 3 aromatic rings. The van der Waals surface area contributed by atoms with E-state index < -0.39 is 34.0 Å². The Bertz CT molecular complexity index is 1420. The minimum absolute atomic E-state index is 0.00798. The van der Waals surface area contributed by atoms with Crippen LogP contribution in [0.2, 0.25) is 10.0 Å². The van der Waals surface area contributed by atoms with Crippen molar-refractivity contribution in [2.45, 2.75) is 31.3 Å². The number of anilines is 1. The topological polar surface area (TPSA) is 114 Å². The average Bonchev–Trinajstić information content (AvgIpc) is 2.85. The molecule has 1 amide bonds. The van der Waals surface area contributed by atoms with E-state index in [4.69, 9.17) is 32.7 Å². The highest BCUT2D eigenvalue weighted by atomic mass is 35.5. The fraction of sp³-hybridized carbons (Fsp3) is 0.222. The second-order valence-corrected chi connectivity index (χ2v) is 11.9. The third-order valence-electron chi connectivity index (χ3n) is 4.81. The van der Waals surface area contributed by atoms with Crippen LogP contribution < -0.4 is 14.5 Å². The Labute approximate surface area is 237 Å². The molecular weight excluding hydrogens is 565 g/mol. The number of esters is 1. The standard InChI is InChI=1S/C27H27Cl2N3O6S/c1-27(2,3)38-26(34)18-37-23-11-9-19(10-12-23)16-30-31-25(33)17-32(22-14-20(28)13-21(29)15-22)39(35,36)24-7-5-4-6-8-24/h4-16H,17-18H2,1-3H3,(H,31,33)/b30-16-. The number of benzene rings is 3. The Balaban J connectivity index is 1.66. The van der Waals surface area contributed by atoms with E-state index in [0.29, 0.717) is 11.3 Å². The predicted molar refractivity (Wildman–Crippen MR) is 151 cm³/mol. The number of carbonyl (C=O) groups excluding carboxylic acids is 2. The minimum Gasteiger partial charge on any atom is -0.482 e. The van der Waals surface area contributed by atoms with E-state index in [9.17, 15) is 18.0 Å². The molecule has 9 nitrogen and oxygen atoms in total. The van der Waals surface area contributed by atoms with Gasteiger partial charge in [0.2, 0.25) is 0 Å². The SMILES string of the molecule is CC(C)(C)OC(=O)COc1ccc(/C=N\NC(=O)CN(c2cc(Cl)cc(Cl)c2)S(=O)(=O)c2ccccc2)cc1. The smallest absolute Gasteiger partial charge is 0.344 e. The molecule has 0 radical (unpaired) electrons. The van der Waals surface area contributed by atoms with E-state index >= 15 is 0 Å². The van der Waals surface area contributed by atoms with Crippen LogP contribution in [0.15, 0.2) is 82.8 Å². The third-order valence-corrected chi connectivity index (χ3v) is 7.04. The van der Waals surface area contributed by atoms with Gasteiger partial charge in [-0.3, -0.25) is 9.10 Å². The zero-order chi connectivity index (χ0) is 28.6. The van der Waals surface area contributed by atoms with Crippen molar-refractivity contribution in [1.29, 1.82) is 0 Å². The molecule has 0 fully saturated rings. The quantitative estimate of drug-likeness (QED) is 0.200. The summed E-state index contributed by atoms with van der Waals surface area (Å²) in [4.78, 5) is 24.5. The van der Waals surface area contributed by atoms with E-state index in [1.54, 1.807) is 63.2 Å². The van der Waals surface area contributed by atoms with Gasteiger partial charge in [0.15, 0.2) is 6.61 Å². The predicted octanol–water partition coefficient (Wildman–Crippen LogP) is 5.06. The van der Waals surface area contributed by atoms with Crippen LogP contribution in [-0.4, -0.2) is 45.3 Å². The first-order valence-electron chi connectivity index (χ1n) is 11.6. The van der Waals surface area contributed by atoms with Crippen LogP contribution in [0.25, 0.3) is 0 Å². The van der Waals surface area contributed by atoms with Crippen LogP contribution in [-0.2, 0) is 24.3 Å². The highest BCUT2D eigenvalue weighted by Crippen LogP contribution is 2.29. The van der Waals surface area contributed by atoms with Gasteiger partial charge in [-0.05, 0) is 80.9 Å². The maximum absolute atomic E-state index is 13.4. The van der Waals surface area contributed by atoms with Gasteiger partial charge in [0.05, 0.1) is 16.8 Å². The molecule has 0 bridgehead atoms. The first kappa shape index (κ1) is 29.9. The summed E-state index contributed by atoms with van der Waals surface area (Å²) < 4.78 is 38.2. The lowest BCUT2D eigenvalue weighted by Gasteiger charge is -2.24. The Hall–Kier alpha value is -3.60. The molecule has 39 heavy (non-hydrogen) atoms. The van der Waals surface area contributed by atoms with Crippen molar-refractivity contribution in [2.24, 2.45) is 5.10 Å². The molecule has 0 heterocycles. The summed E-state index contributed by atoms with van der Waals surface area (Å²) in [5.74, 6) is -0.734. The maximum Gasteiger partial charge on any atom is 0.344 e. The van der Waals surface area contributed by atoms with Crippen LogP contribution in [0.3, 0.4) is 0 Å². The second-order valence-electron chi connectivity index (χ2n) is 9.19. The van der Waals surface area contributed by atoms with Crippen molar-refractivity contribution in [1.82, 2.24) is 5.43 Å². The fourth-order valence-electron chi connectivity index (χ4n) is 3.23. The first-order chi connectivity index (χ1) is 18.3. The molecule has 0 aliphatic carbocycles. The lowest BCUT2D eigenvalue weighted by Crippen LogP contribution is -2.39. The van der Waals surface area contributed by atoms with Crippen molar-refractivity contribution >= 4 is 57.0 Å². The van der Waals surface area contributed by atoms with Crippen LogP contribution in [0.4, 0.5) is 5.69 Å². The number of halogens is 2. The molecule has 12 heteroatoms. The van der Waals surface area contributed by atoms with Crippen LogP contribution in [0, 0.1) is 0 Å². The van der Waals surface area contributed by atoms with Gasteiger partial charge in [0.1, 0.15) is 17.9 Å². The van der Waals surface area contributed by atoms with Gasteiger partial charge in [0.25, 0.3) is 15.9 Å². The molecule has 206 valence electrons. The van der Waals surface area contributed by atoms with Gasteiger partial charge in [0, 0.05) is 10.0 Å². The van der Waals surface area contributed by atoms with Gasteiger partial charge in [-0.25, -0.2) is 18.6 Å². The van der Waals surface area contributed by atoms with E-state index in [1.165, 1.54) is 36.5 Å². The number of rotatable bonds is 10. The number of sulfonamides is 1. The number of hydrogen-bond donors (Lipinski definition) is 1. The van der Waals surface area contributed by atoms with E-state index in [1.807, 2.05) is 0 Å². The first-order valence-corrected chi connectivity index (χ1v) is 13.8. The summed E-state index contributed by atoms with van der Waals surface area (Å²) in [6, 6.07) is 18.5. The summed E-state index contributed by atoms with van der Waals surface area (Å²) in [7, 11) is -4.13. The zero-order valence-electron chi connectivity index (χ0n) is 21.4. The number of amides is 1. The Kier molecular flexibility index (Phi) is 9.96. The zero-order valence-corrected chi connectivity index (χ0v) is 23.8. The molecule has 0 atom stereocenters. The summed E-state index contributed by atoms with van der Waals surface area (Å²) in [5, 5.41) is 4.33. The summed E-state index contributed by atoms with van der Waals surface area (Å²) >= 11 is 12.2. The summed E-state index contributed by atoms with van der Waals surface area (Å²) in [6.45, 7) is 4.49. The molecule has 0 saturated carbocycles. The number of hydrazone groups is 1. The molecule has 0 spiro atoms. The number of carbonyl (C=O) groups is 2. The van der Waals surface area contributed by atoms with Crippen LogP contribution in [0.5, 0.6) is 5.75 Å². The fourth-order valence-corrected chi connectivity index (χ4v) is 5.17. The Morgan fingerprint density at radius 2 is 1.59 bits per heavy atom. The highest BCUT2D eigenvalue weighted by molar-refractivity contribution is 7.92. The molecular formula is C27H27Cl2N3O6S. The molecule has 3 aromatic carbocycles. The maximum atomic E-state index is 13.4. The van der Waals surface area contributed by atoms with Crippen molar-refractivity contribution in [3.05, 3.63) is 88.4 Å². The molecule has 0 aliphatic heterocycles. The lowest BCUT2D eigenvalue weighted by atomic mass is 10.2. The second kappa shape index (κ2) is 13.0. The molecule has 0 saturated heterocycles. The van der Waals surface area contributed by atoms with Gasteiger partial charge in [-0.1, -0.05) is 41.4 Å². The van der Waals surface area contributed by atoms with Crippen LogP contribution >= 0.6 is 23.2 Å². The molecule has 0 unspecified atom stereocenters. The van der Waals surface area contributed by atoms with E-state index in [0.717, 1.165) is 4.31 Å². The monoisotopic (exact) mass is 591 g/mol. The largest absolute Gasteiger partial charge is 0.482 e. The van der Waals surface area contributed by atoms with Crippen molar-refractivity contribution in [2.75, 3.05) is 17.5 Å². The summed E-state index contributed by atoms with van der Waals surface area (Å²) in [5.41, 5.74) is 2.47. The number of nitrogens with zero attached hydrogens (tertiary/aromatic N) is 2. The number of nitrogens with one attached hydrogen (secondary N) is 1. The van der Waals surface area contributed by atoms with Crippen molar-refractivity contribution < 1.29 is 27.5 Å². The van der Waals surface area contributed by atoms with E-state index in [2.05, 4.69) is 10.5 Å². The molecule has 0 aliphatic rings. The van der Waals surface area contributed by atoms with E-state index in [-0.39, 0.29) is 27.2 Å². The molecule has 3 rings (SSSR count). The van der Waals surface area contributed by atoms with Gasteiger partial charge < -0.3 is 9.47 Å². The third kappa shape index (κ3) is 9.27. The van der Waals surface area contributed by atoms with Gasteiger partial charge >= 0.3 is 5.97 Å². The highest BCUT2D eigenvalue weighted by Gasteiger charge is 2.27. The van der Waals surface area contributed by atoms with Crippen molar-refractivity contribution in [3.8, 4) is 5.75 Å².